The minimum atomic E-state index is -0.999. The van der Waals surface area contributed by atoms with Gasteiger partial charge in [0.05, 0.1) is 5.69 Å². The Labute approximate surface area is 122 Å². The molecule has 1 saturated heterocycles. The highest BCUT2D eigenvalue weighted by molar-refractivity contribution is 14.1. The van der Waals surface area contributed by atoms with Crippen LogP contribution in [0.5, 0.6) is 0 Å². The Kier molecular flexibility index (Phi) is 4.23. The van der Waals surface area contributed by atoms with E-state index in [2.05, 4.69) is 5.32 Å². The van der Waals surface area contributed by atoms with Gasteiger partial charge >= 0.3 is 12.0 Å². The largest absolute Gasteiger partial charge is 0.480 e. The molecule has 0 spiro atoms. The van der Waals surface area contributed by atoms with Crippen LogP contribution in [0.1, 0.15) is 12.8 Å². The number of nitrogens with one attached hydrogen (secondary N) is 1. The number of aliphatic carboxylic acids is 1. The van der Waals surface area contributed by atoms with Crippen molar-refractivity contribution in [2.24, 2.45) is 0 Å². The summed E-state index contributed by atoms with van der Waals surface area (Å²) in [5.74, 6) is -1.38. The molecule has 1 aromatic rings. The molecule has 19 heavy (non-hydrogen) atoms. The van der Waals surface area contributed by atoms with Crippen molar-refractivity contribution in [3.8, 4) is 0 Å². The van der Waals surface area contributed by atoms with Crippen molar-refractivity contribution in [2.75, 3.05) is 11.9 Å². The molecule has 2 rings (SSSR count). The molecule has 0 aliphatic carbocycles. The minimum absolute atomic E-state index is 0.382. The van der Waals surface area contributed by atoms with E-state index in [0.29, 0.717) is 28.6 Å². The van der Waals surface area contributed by atoms with Crippen molar-refractivity contribution in [1.29, 1.82) is 0 Å². The molecule has 1 aromatic carbocycles. The van der Waals surface area contributed by atoms with E-state index in [-0.39, 0.29) is 5.82 Å². The Morgan fingerprint density at radius 1 is 1.47 bits per heavy atom. The number of amides is 2. The van der Waals surface area contributed by atoms with E-state index in [1.165, 1.54) is 23.1 Å². The summed E-state index contributed by atoms with van der Waals surface area (Å²) in [6.45, 7) is 0.417. The van der Waals surface area contributed by atoms with E-state index in [1.807, 2.05) is 22.6 Å². The molecule has 1 heterocycles. The first-order valence-electron chi connectivity index (χ1n) is 5.74. The Morgan fingerprint density at radius 3 is 2.84 bits per heavy atom. The molecular formula is C12H12FIN2O3. The highest BCUT2D eigenvalue weighted by Gasteiger charge is 2.34. The van der Waals surface area contributed by atoms with Gasteiger partial charge in [0.15, 0.2) is 0 Å². The average Bonchev–Trinajstić information content (AvgIpc) is 2.82. The van der Waals surface area contributed by atoms with Gasteiger partial charge in [-0.25, -0.2) is 14.0 Å². The number of carboxylic acid groups (broad SMARTS) is 1. The third kappa shape index (κ3) is 3.14. The summed E-state index contributed by atoms with van der Waals surface area (Å²) in [7, 11) is 0. The van der Waals surface area contributed by atoms with Crippen LogP contribution in [0, 0.1) is 9.39 Å². The summed E-state index contributed by atoms with van der Waals surface area (Å²) < 4.78 is 13.5. The number of rotatable bonds is 2. The zero-order valence-electron chi connectivity index (χ0n) is 9.90. The van der Waals surface area contributed by atoms with E-state index >= 15 is 0 Å². The van der Waals surface area contributed by atoms with Gasteiger partial charge in [-0.15, -0.1) is 0 Å². The summed E-state index contributed by atoms with van der Waals surface area (Å²) in [5.41, 5.74) is 0.475. The van der Waals surface area contributed by atoms with Crippen molar-refractivity contribution in [2.45, 2.75) is 18.9 Å². The third-order valence-electron chi connectivity index (χ3n) is 2.97. The maximum absolute atomic E-state index is 12.9. The van der Waals surface area contributed by atoms with Gasteiger partial charge in [0, 0.05) is 10.1 Å². The summed E-state index contributed by atoms with van der Waals surface area (Å²) >= 11 is 1.91. The Morgan fingerprint density at radius 2 is 2.21 bits per heavy atom. The summed E-state index contributed by atoms with van der Waals surface area (Å²) in [4.78, 5) is 24.3. The lowest BCUT2D eigenvalue weighted by molar-refractivity contribution is -0.141. The fourth-order valence-corrected chi connectivity index (χ4v) is 2.66. The molecule has 2 N–H and O–H groups in total. The molecule has 102 valence electrons. The topological polar surface area (TPSA) is 69.6 Å². The van der Waals surface area contributed by atoms with Crippen LogP contribution >= 0.6 is 22.6 Å². The number of nitrogens with zero attached hydrogens (tertiary/aromatic N) is 1. The molecule has 0 radical (unpaired) electrons. The number of halogens is 2. The lowest BCUT2D eigenvalue weighted by Gasteiger charge is -2.22. The molecular weight excluding hydrogens is 366 g/mol. The number of carbonyl (C=O) groups is 2. The predicted molar refractivity (Wildman–Crippen MR) is 75.5 cm³/mol. The normalized spacial score (nSPS) is 18.4. The molecule has 1 unspecified atom stereocenters. The van der Waals surface area contributed by atoms with E-state index in [4.69, 9.17) is 5.11 Å². The van der Waals surface area contributed by atoms with Crippen LogP contribution in [-0.4, -0.2) is 34.6 Å². The standard InChI is InChI=1S/C12H12FIN2O3/c13-7-3-4-9(8(14)6-7)15-12(19)16-5-1-2-10(16)11(17)18/h3-4,6,10H,1-2,5H2,(H,15,19)(H,17,18). The van der Waals surface area contributed by atoms with Crippen LogP contribution in [0.4, 0.5) is 14.9 Å². The highest BCUT2D eigenvalue weighted by atomic mass is 127. The zero-order valence-corrected chi connectivity index (χ0v) is 12.1. The van der Waals surface area contributed by atoms with E-state index in [9.17, 15) is 14.0 Å². The second-order valence-electron chi connectivity index (χ2n) is 4.24. The van der Waals surface area contributed by atoms with E-state index in [0.717, 1.165) is 0 Å². The molecule has 0 bridgehead atoms. The quantitative estimate of drug-likeness (QED) is 0.778. The number of hydrogen-bond donors (Lipinski definition) is 2. The second-order valence-corrected chi connectivity index (χ2v) is 5.41. The van der Waals surface area contributed by atoms with Gasteiger partial charge in [-0.2, -0.15) is 0 Å². The number of likely N-dealkylation sites (tertiary alicyclic amines) is 1. The van der Waals surface area contributed by atoms with Gasteiger partial charge < -0.3 is 15.3 Å². The van der Waals surface area contributed by atoms with Gasteiger partial charge in [0.2, 0.25) is 0 Å². The Balaban J connectivity index is 2.10. The molecule has 5 nitrogen and oxygen atoms in total. The summed E-state index contributed by atoms with van der Waals surface area (Å²) in [6.07, 6.45) is 1.13. The molecule has 1 atom stereocenters. The van der Waals surface area contributed by atoms with Crippen LogP contribution in [0.25, 0.3) is 0 Å². The van der Waals surface area contributed by atoms with Gasteiger partial charge in [0.1, 0.15) is 11.9 Å². The van der Waals surface area contributed by atoms with Crippen LogP contribution in [0.3, 0.4) is 0 Å². The first-order chi connectivity index (χ1) is 8.99. The average molecular weight is 378 g/mol. The minimum Gasteiger partial charge on any atom is -0.480 e. The molecule has 1 fully saturated rings. The molecule has 2 amide bonds. The fraction of sp³-hybridized carbons (Fsp3) is 0.333. The smallest absolute Gasteiger partial charge is 0.326 e. The van der Waals surface area contributed by atoms with E-state index < -0.39 is 18.0 Å². The highest BCUT2D eigenvalue weighted by Crippen LogP contribution is 2.22. The lowest BCUT2D eigenvalue weighted by atomic mass is 10.2. The molecule has 1 aliphatic rings. The molecule has 7 heteroatoms. The van der Waals surface area contributed by atoms with Crippen molar-refractivity contribution in [3.63, 3.8) is 0 Å². The fourth-order valence-electron chi connectivity index (χ4n) is 2.04. The SMILES string of the molecule is O=C(O)C1CCCN1C(=O)Nc1ccc(F)cc1I. The number of carbonyl (C=O) groups excluding carboxylic acids is 1. The number of carboxylic acids is 1. The zero-order chi connectivity index (χ0) is 14.0. The van der Waals surface area contributed by atoms with E-state index in [1.54, 1.807) is 0 Å². The van der Waals surface area contributed by atoms with Gasteiger partial charge in [0.25, 0.3) is 0 Å². The summed E-state index contributed by atoms with van der Waals surface area (Å²) in [5, 5.41) is 11.6. The first kappa shape index (κ1) is 14.0. The van der Waals surface area contributed by atoms with Crippen molar-refractivity contribution >= 4 is 40.3 Å². The maximum atomic E-state index is 12.9. The first-order valence-corrected chi connectivity index (χ1v) is 6.82. The van der Waals surface area contributed by atoms with Gasteiger partial charge in [-0.3, -0.25) is 0 Å². The van der Waals surface area contributed by atoms with Gasteiger partial charge in [-0.05, 0) is 53.6 Å². The second kappa shape index (κ2) is 5.72. The number of benzene rings is 1. The number of anilines is 1. The number of hydrogen-bond acceptors (Lipinski definition) is 2. The molecule has 0 saturated carbocycles. The van der Waals surface area contributed by atoms with Crippen LogP contribution < -0.4 is 5.32 Å². The Bertz CT molecular complexity index is 524. The number of urea groups is 1. The van der Waals surface area contributed by atoms with Gasteiger partial charge in [-0.1, -0.05) is 0 Å². The van der Waals surface area contributed by atoms with Crippen molar-refractivity contribution in [1.82, 2.24) is 4.90 Å². The van der Waals surface area contributed by atoms with Crippen molar-refractivity contribution in [3.05, 3.63) is 27.6 Å². The maximum Gasteiger partial charge on any atom is 0.326 e. The lowest BCUT2D eigenvalue weighted by Crippen LogP contribution is -2.42. The summed E-state index contributed by atoms with van der Waals surface area (Å²) in [6, 6.07) is 2.76. The Hall–Kier alpha value is -1.38. The van der Waals surface area contributed by atoms with Crippen LogP contribution in [0.2, 0.25) is 0 Å². The molecule has 0 aromatic heterocycles. The van der Waals surface area contributed by atoms with Crippen LogP contribution in [-0.2, 0) is 4.79 Å². The van der Waals surface area contributed by atoms with Crippen LogP contribution in [0.15, 0.2) is 18.2 Å². The van der Waals surface area contributed by atoms with Crippen molar-refractivity contribution < 1.29 is 19.1 Å². The third-order valence-corrected chi connectivity index (χ3v) is 3.86. The molecule has 1 aliphatic heterocycles. The predicted octanol–water partition coefficient (Wildman–Crippen LogP) is 2.51. The monoisotopic (exact) mass is 378 g/mol.